The maximum absolute atomic E-state index is 5.78. The molecule has 0 saturated heterocycles. The van der Waals surface area contributed by atoms with Crippen LogP contribution in [0.25, 0.3) is 0 Å². The van der Waals surface area contributed by atoms with Crippen molar-refractivity contribution in [3.05, 3.63) is 51.4 Å². The molecule has 2 aromatic rings. The summed E-state index contributed by atoms with van der Waals surface area (Å²) in [6.07, 6.45) is 2.85. The average Bonchev–Trinajstić information content (AvgIpc) is 3.02. The van der Waals surface area contributed by atoms with Crippen LogP contribution in [0.2, 0.25) is 5.15 Å². The van der Waals surface area contributed by atoms with Crippen LogP contribution in [0.15, 0.2) is 40.8 Å². The molecule has 2 N–H and O–H groups in total. The predicted octanol–water partition coefficient (Wildman–Crippen LogP) is 3.34. The highest BCUT2D eigenvalue weighted by Crippen LogP contribution is 2.13. The van der Waals surface area contributed by atoms with E-state index in [-0.39, 0.29) is 0 Å². The highest BCUT2D eigenvalue weighted by atomic mass is 35.5. The molecule has 4 nitrogen and oxygen atoms in total. The Kier molecular flexibility index (Phi) is 6.68. The molecule has 2 heterocycles. The van der Waals surface area contributed by atoms with E-state index >= 15 is 0 Å². The van der Waals surface area contributed by atoms with Crippen molar-refractivity contribution in [3.63, 3.8) is 0 Å². The molecule has 0 aromatic carbocycles. The molecule has 0 spiro atoms. The lowest BCUT2D eigenvalue weighted by molar-refractivity contribution is 0.562. The lowest BCUT2D eigenvalue weighted by Gasteiger charge is -2.15. The van der Waals surface area contributed by atoms with E-state index in [1.54, 1.807) is 19.3 Å². The van der Waals surface area contributed by atoms with E-state index < -0.39 is 0 Å². The molecule has 2 aromatic heterocycles. The Hall–Kier alpha value is -1.59. The number of nitrogens with one attached hydrogen (secondary N) is 2. The summed E-state index contributed by atoms with van der Waals surface area (Å²) in [5.41, 5.74) is 1.07. The number of rotatable bonds is 6. The summed E-state index contributed by atoms with van der Waals surface area (Å²) in [5.74, 6) is 1.35. The second kappa shape index (κ2) is 8.76. The summed E-state index contributed by atoms with van der Waals surface area (Å²) in [4.78, 5) is 9.73. The third kappa shape index (κ3) is 5.66. The maximum Gasteiger partial charge on any atom is 0.191 e. The van der Waals surface area contributed by atoms with E-state index in [0.29, 0.717) is 17.6 Å². The summed E-state index contributed by atoms with van der Waals surface area (Å²) >= 11 is 7.59. The van der Waals surface area contributed by atoms with Gasteiger partial charge in [-0.1, -0.05) is 30.7 Å². The normalized spacial score (nSPS) is 13.0. The summed E-state index contributed by atoms with van der Waals surface area (Å²) in [5, 5.41) is 9.27. The Balaban J connectivity index is 1.74. The van der Waals surface area contributed by atoms with Gasteiger partial charge in [0.1, 0.15) is 5.15 Å². The summed E-state index contributed by atoms with van der Waals surface area (Å²) in [7, 11) is 1.78. The molecular weight excluding hydrogens is 316 g/mol. The lowest BCUT2D eigenvalue weighted by atomic mass is 10.1. The summed E-state index contributed by atoms with van der Waals surface area (Å²) in [6, 6.07) is 8.02. The van der Waals surface area contributed by atoms with Crippen molar-refractivity contribution in [2.75, 3.05) is 13.6 Å². The lowest BCUT2D eigenvalue weighted by Crippen LogP contribution is -2.39. The molecule has 0 aliphatic heterocycles. The first-order valence-corrected chi connectivity index (χ1v) is 8.50. The fraction of sp³-hybridized carbons (Fsp3) is 0.375. The molecule has 22 heavy (non-hydrogen) atoms. The largest absolute Gasteiger partial charge is 0.356 e. The minimum Gasteiger partial charge on any atom is -0.356 e. The van der Waals surface area contributed by atoms with Gasteiger partial charge in [-0.25, -0.2) is 4.98 Å². The van der Waals surface area contributed by atoms with Gasteiger partial charge in [0.05, 0.1) is 0 Å². The summed E-state index contributed by atoms with van der Waals surface area (Å²) < 4.78 is 0. The zero-order valence-corrected chi connectivity index (χ0v) is 14.4. The number of pyridine rings is 1. The summed E-state index contributed by atoms with van der Waals surface area (Å²) in [6.45, 7) is 3.79. The van der Waals surface area contributed by atoms with E-state index in [2.05, 4.69) is 45.0 Å². The maximum atomic E-state index is 5.78. The van der Waals surface area contributed by atoms with E-state index in [1.807, 2.05) is 17.4 Å². The first-order valence-electron chi connectivity index (χ1n) is 7.24. The van der Waals surface area contributed by atoms with Crippen LogP contribution < -0.4 is 10.6 Å². The molecule has 118 valence electrons. The Labute approximate surface area is 140 Å². The minimum absolute atomic E-state index is 0.508. The minimum atomic E-state index is 0.508. The van der Waals surface area contributed by atoms with E-state index in [9.17, 15) is 0 Å². The highest BCUT2D eigenvalue weighted by Gasteiger charge is 2.06. The van der Waals surface area contributed by atoms with Crippen molar-refractivity contribution in [2.24, 2.45) is 10.9 Å². The van der Waals surface area contributed by atoms with Crippen LogP contribution in [0.5, 0.6) is 0 Å². The van der Waals surface area contributed by atoms with Crippen LogP contribution in [-0.4, -0.2) is 24.5 Å². The average molecular weight is 337 g/mol. The molecule has 0 aliphatic carbocycles. The number of guanidine groups is 1. The number of aromatic nitrogens is 1. The van der Waals surface area contributed by atoms with Gasteiger partial charge in [0.15, 0.2) is 5.96 Å². The smallest absolute Gasteiger partial charge is 0.191 e. The van der Waals surface area contributed by atoms with Gasteiger partial charge in [0.2, 0.25) is 0 Å². The van der Waals surface area contributed by atoms with Gasteiger partial charge in [0.25, 0.3) is 0 Å². The fourth-order valence-corrected chi connectivity index (χ4v) is 3.01. The first-order chi connectivity index (χ1) is 10.7. The van der Waals surface area contributed by atoms with Gasteiger partial charge in [-0.05, 0) is 35.4 Å². The van der Waals surface area contributed by atoms with Gasteiger partial charge in [-0.3, -0.25) is 4.99 Å². The molecule has 0 amide bonds. The van der Waals surface area contributed by atoms with Gasteiger partial charge < -0.3 is 10.6 Å². The predicted molar refractivity (Wildman–Crippen MR) is 94.6 cm³/mol. The van der Waals surface area contributed by atoms with Gasteiger partial charge in [-0.15, -0.1) is 11.3 Å². The molecule has 0 saturated carbocycles. The van der Waals surface area contributed by atoms with Crippen LogP contribution in [0.4, 0.5) is 0 Å². The SMILES string of the molecule is CN=C(NCc1ccc(Cl)nc1)NCC(C)Cc1cccs1. The van der Waals surface area contributed by atoms with Crippen molar-refractivity contribution in [2.45, 2.75) is 19.9 Å². The zero-order valence-electron chi connectivity index (χ0n) is 12.8. The third-order valence-electron chi connectivity index (χ3n) is 3.22. The van der Waals surface area contributed by atoms with Crippen LogP contribution in [0.3, 0.4) is 0 Å². The molecule has 0 bridgehead atoms. The third-order valence-corrected chi connectivity index (χ3v) is 4.34. The topological polar surface area (TPSA) is 49.3 Å². The Morgan fingerprint density at radius 1 is 1.36 bits per heavy atom. The van der Waals surface area contributed by atoms with Crippen LogP contribution in [-0.2, 0) is 13.0 Å². The Bertz CT molecular complexity index is 581. The van der Waals surface area contributed by atoms with Gasteiger partial charge in [-0.2, -0.15) is 0 Å². The number of thiophene rings is 1. The van der Waals surface area contributed by atoms with Gasteiger partial charge >= 0.3 is 0 Å². The molecule has 1 atom stereocenters. The molecule has 6 heteroatoms. The van der Waals surface area contributed by atoms with Crippen molar-refractivity contribution >= 4 is 28.9 Å². The number of nitrogens with zero attached hydrogens (tertiary/aromatic N) is 2. The van der Waals surface area contributed by atoms with Crippen molar-refractivity contribution < 1.29 is 0 Å². The quantitative estimate of drug-likeness (QED) is 0.483. The Morgan fingerprint density at radius 3 is 2.86 bits per heavy atom. The van der Waals surface area contributed by atoms with E-state index in [1.165, 1.54) is 4.88 Å². The monoisotopic (exact) mass is 336 g/mol. The zero-order chi connectivity index (χ0) is 15.8. The fourth-order valence-electron chi connectivity index (χ4n) is 2.03. The first kappa shape index (κ1) is 16.8. The number of hydrogen-bond donors (Lipinski definition) is 2. The van der Waals surface area contributed by atoms with Crippen molar-refractivity contribution in [3.8, 4) is 0 Å². The highest BCUT2D eigenvalue weighted by molar-refractivity contribution is 7.09. The van der Waals surface area contributed by atoms with Gasteiger partial charge in [0, 0.05) is 31.2 Å². The van der Waals surface area contributed by atoms with Crippen LogP contribution in [0, 0.1) is 5.92 Å². The molecule has 0 aliphatic rings. The second-order valence-electron chi connectivity index (χ2n) is 5.18. The number of aliphatic imine (C=N–C) groups is 1. The van der Waals surface area contributed by atoms with Crippen molar-refractivity contribution in [1.82, 2.24) is 15.6 Å². The number of halogens is 1. The van der Waals surface area contributed by atoms with E-state index in [4.69, 9.17) is 11.6 Å². The van der Waals surface area contributed by atoms with E-state index in [0.717, 1.165) is 24.5 Å². The van der Waals surface area contributed by atoms with Crippen LogP contribution in [0.1, 0.15) is 17.4 Å². The Morgan fingerprint density at radius 2 is 2.23 bits per heavy atom. The van der Waals surface area contributed by atoms with Crippen LogP contribution >= 0.6 is 22.9 Å². The number of hydrogen-bond acceptors (Lipinski definition) is 3. The van der Waals surface area contributed by atoms with Crippen molar-refractivity contribution in [1.29, 1.82) is 0 Å². The molecular formula is C16H21ClN4S. The molecule has 1 unspecified atom stereocenters. The molecule has 2 rings (SSSR count). The molecule has 0 fully saturated rings. The standard InChI is InChI=1S/C16H21ClN4S/c1-12(8-14-4-3-7-22-14)9-20-16(18-2)21-11-13-5-6-15(17)19-10-13/h3-7,10,12H,8-9,11H2,1-2H3,(H2,18,20,21). The molecule has 0 radical (unpaired) electrons. The second-order valence-corrected chi connectivity index (χ2v) is 6.60.